The highest BCUT2D eigenvalue weighted by Crippen LogP contribution is 2.20. The first kappa shape index (κ1) is 10.6. The average Bonchev–Trinajstić information content (AvgIpc) is 2.65. The van der Waals surface area contributed by atoms with E-state index in [4.69, 9.17) is 0 Å². The van der Waals surface area contributed by atoms with Crippen LogP contribution in [0.1, 0.15) is 18.9 Å². The first-order valence-corrected chi connectivity index (χ1v) is 5.74. The molecule has 1 saturated heterocycles. The fourth-order valence-electron chi connectivity index (χ4n) is 2.36. The molecule has 2 rings (SSSR count). The van der Waals surface area contributed by atoms with Gasteiger partial charge in [-0.25, -0.2) is 4.39 Å². The minimum atomic E-state index is -0.113. The summed E-state index contributed by atoms with van der Waals surface area (Å²) in [5.74, 6) is 0.601. The third-order valence-corrected chi connectivity index (χ3v) is 3.23. The maximum atomic E-state index is 13.0. The van der Waals surface area contributed by atoms with Crippen LogP contribution in [0.5, 0.6) is 0 Å². The molecule has 1 nitrogen and oxygen atoms in total. The molecule has 15 heavy (non-hydrogen) atoms. The Kier molecular flexibility index (Phi) is 3.37. The highest BCUT2D eigenvalue weighted by Gasteiger charge is 2.21. The summed E-state index contributed by atoms with van der Waals surface area (Å²) in [6, 6.07) is 7.00. The number of benzene rings is 1. The van der Waals surface area contributed by atoms with E-state index in [0.29, 0.717) is 5.92 Å². The van der Waals surface area contributed by atoms with Crippen LogP contribution in [0.15, 0.2) is 24.3 Å². The number of rotatable bonds is 3. The predicted molar refractivity (Wildman–Crippen MR) is 60.3 cm³/mol. The molecule has 0 radical (unpaired) electrons. The highest BCUT2D eigenvalue weighted by molar-refractivity contribution is 5.17. The molecule has 1 aliphatic rings. The van der Waals surface area contributed by atoms with Gasteiger partial charge in [0.1, 0.15) is 5.82 Å². The van der Waals surface area contributed by atoms with Gasteiger partial charge in [-0.15, -0.1) is 0 Å². The molecule has 0 spiro atoms. The molecule has 0 aromatic heterocycles. The molecule has 2 heteroatoms. The molecule has 1 aromatic carbocycles. The summed E-state index contributed by atoms with van der Waals surface area (Å²) in [6.07, 6.45) is 2.28. The zero-order valence-corrected chi connectivity index (χ0v) is 9.25. The van der Waals surface area contributed by atoms with Gasteiger partial charge < -0.3 is 4.90 Å². The molecule has 1 heterocycles. The largest absolute Gasteiger partial charge is 0.303 e. The molecular formula is C13H18FN. The van der Waals surface area contributed by atoms with Crippen LogP contribution < -0.4 is 0 Å². The van der Waals surface area contributed by atoms with Gasteiger partial charge >= 0.3 is 0 Å². The molecule has 0 unspecified atom stereocenters. The lowest BCUT2D eigenvalue weighted by atomic mass is 9.99. The molecular weight excluding hydrogens is 189 g/mol. The molecule has 0 bridgehead atoms. The standard InChI is InChI=1S/C13H18FN/c1-2-15-7-6-12(10-15)8-11-4-3-5-13(14)9-11/h3-5,9,12H,2,6-8,10H2,1H3/t12-/m1/s1. The third-order valence-electron chi connectivity index (χ3n) is 3.23. The van der Waals surface area contributed by atoms with Crippen molar-refractivity contribution in [3.63, 3.8) is 0 Å². The summed E-state index contributed by atoms with van der Waals surface area (Å²) >= 11 is 0. The average molecular weight is 207 g/mol. The summed E-state index contributed by atoms with van der Waals surface area (Å²) in [4.78, 5) is 2.46. The van der Waals surface area contributed by atoms with Gasteiger partial charge in [0.05, 0.1) is 0 Å². The number of hydrogen-bond acceptors (Lipinski definition) is 1. The number of likely N-dealkylation sites (tertiary alicyclic amines) is 1. The molecule has 1 atom stereocenters. The number of nitrogens with zero attached hydrogens (tertiary/aromatic N) is 1. The predicted octanol–water partition coefficient (Wildman–Crippen LogP) is 2.71. The Morgan fingerprint density at radius 1 is 1.47 bits per heavy atom. The molecule has 1 aromatic rings. The fourth-order valence-corrected chi connectivity index (χ4v) is 2.36. The topological polar surface area (TPSA) is 3.24 Å². The van der Waals surface area contributed by atoms with Gasteiger partial charge in [-0.05, 0) is 49.5 Å². The quantitative estimate of drug-likeness (QED) is 0.736. The van der Waals surface area contributed by atoms with E-state index in [2.05, 4.69) is 11.8 Å². The van der Waals surface area contributed by atoms with Gasteiger partial charge in [-0.3, -0.25) is 0 Å². The van der Waals surface area contributed by atoms with Crippen molar-refractivity contribution in [2.24, 2.45) is 5.92 Å². The van der Waals surface area contributed by atoms with Crippen LogP contribution in [0.2, 0.25) is 0 Å². The summed E-state index contributed by atoms with van der Waals surface area (Å²) in [6.45, 7) is 5.72. The SMILES string of the molecule is CCN1CC[C@H](Cc2cccc(F)c2)C1. The first-order chi connectivity index (χ1) is 7.28. The van der Waals surface area contributed by atoms with E-state index in [-0.39, 0.29) is 5.82 Å². The summed E-state index contributed by atoms with van der Waals surface area (Å²) in [7, 11) is 0. The number of halogens is 1. The van der Waals surface area contributed by atoms with E-state index in [1.807, 2.05) is 6.07 Å². The van der Waals surface area contributed by atoms with Gasteiger partial charge in [0, 0.05) is 6.54 Å². The van der Waals surface area contributed by atoms with Crippen LogP contribution in [-0.2, 0) is 6.42 Å². The van der Waals surface area contributed by atoms with Crippen molar-refractivity contribution in [1.29, 1.82) is 0 Å². The monoisotopic (exact) mass is 207 g/mol. The van der Waals surface area contributed by atoms with Crippen molar-refractivity contribution in [1.82, 2.24) is 4.90 Å². The minimum Gasteiger partial charge on any atom is -0.303 e. The Balaban J connectivity index is 1.92. The van der Waals surface area contributed by atoms with E-state index in [1.54, 1.807) is 12.1 Å². The molecule has 1 fully saturated rings. The first-order valence-electron chi connectivity index (χ1n) is 5.74. The Labute approximate surface area is 90.9 Å². The van der Waals surface area contributed by atoms with Crippen molar-refractivity contribution in [3.05, 3.63) is 35.6 Å². The zero-order valence-electron chi connectivity index (χ0n) is 9.25. The van der Waals surface area contributed by atoms with E-state index < -0.39 is 0 Å². The van der Waals surface area contributed by atoms with Crippen molar-refractivity contribution >= 4 is 0 Å². The lowest BCUT2D eigenvalue weighted by Crippen LogP contribution is -2.20. The van der Waals surface area contributed by atoms with Crippen LogP contribution in [0.4, 0.5) is 4.39 Å². The van der Waals surface area contributed by atoms with Gasteiger partial charge in [-0.2, -0.15) is 0 Å². The Morgan fingerprint density at radius 2 is 2.33 bits per heavy atom. The fraction of sp³-hybridized carbons (Fsp3) is 0.538. The second-order valence-electron chi connectivity index (χ2n) is 4.38. The van der Waals surface area contributed by atoms with Gasteiger partial charge in [0.2, 0.25) is 0 Å². The zero-order chi connectivity index (χ0) is 10.7. The van der Waals surface area contributed by atoms with Crippen molar-refractivity contribution in [3.8, 4) is 0 Å². The summed E-state index contributed by atoms with van der Waals surface area (Å²) in [5.41, 5.74) is 1.14. The molecule has 82 valence electrons. The van der Waals surface area contributed by atoms with E-state index in [1.165, 1.54) is 25.6 Å². The van der Waals surface area contributed by atoms with Crippen LogP contribution in [0, 0.1) is 11.7 Å². The van der Waals surface area contributed by atoms with Gasteiger partial charge in [0.15, 0.2) is 0 Å². The van der Waals surface area contributed by atoms with Gasteiger partial charge in [-0.1, -0.05) is 19.1 Å². The molecule has 0 saturated carbocycles. The van der Waals surface area contributed by atoms with Crippen LogP contribution in [0.3, 0.4) is 0 Å². The maximum absolute atomic E-state index is 13.0. The lowest BCUT2D eigenvalue weighted by molar-refractivity contribution is 0.342. The maximum Gasteiger partial charge on any atom is 0.123 e. The van der Waals surface area contributed by atoms with Crippen molar-refractivity contribution < 1.29 is 4.39 Å². The Morgan fingerprint density at radius 3 is 3.00 bits per heavy atom. The van der Waals surface area contributed by atoms with Crippen molar-refractivity contribution in [2.75, 3.05) is 19.6 Å². The van der Waals surface area contributed by atoms with Crippen molar-refractivity contribution in [2.45, 2.75) is 19.8 Å². The van der Waals surface area contributed by atoms with E-state index >= 15 is 0 Å². The van der Waals surface area contributed by atoms with Crippen LogP contribution in [-0.4, -0.2) is 24.5 Å². The molecule has 1 aliphatic heterocycles. The molecule has 0 amide bonds. The Bertz CT molecular complexity index is 324. The van der Waals surface area contributed by atoms with E-state index in [9.17, 15) is 4.39 Å². The molecule has 0 N–H and O–H groups in total. The molecule has 0 aliphatic carbocycles. The lowest BCUT2D eigenvalue weighted by Gasteiger charge is -2.13. The van der Waals surface area contributed by atoms with Gasteiger partial charge in [0.25, 0.3) is 0 Å². The van der Waals surface area contributed by atoms with Crippen LogP contribution >= 0.6 is 0 Å². The third kappa shape index (κ3) is 2.78. The summed E-state index contributed by atoms with van der Waals surface area (Å²) in [5, 5.41) is 0. The highest BCUT2D eigenvalue weighted by atomic mass is 19.1. The van der Waals surface area contributed by atoms with E-state index in [0.717, 1.165) is 18.5 Å². The Hall–Kier alpha value is -0.890. The minimum absolute atomic E-state index is 0.113. The number of hydrogen-bond donors (Lipinski definition) is 0. The second-order valence-corrected chi connectivity index (χ2v) is 4.38. The normalized spacial score (nSPS) is 22.1. The smallest absolute Gasteiger partial charge is 0.123 e. The summed E-state index contributed by atoms with van der Waals surface area (Å²) < 4.78 is 13.0. The van der Waals surface area contributed by atoms with Crippen LogP contribution in [0.25, 0.3) is 0 Å². The second kappa shape index (κ2) is 4.75.